The Balaban J connectivity index is 1.32. The van der Waals surface area contributed by atoms with Gasteiger partial charge < -0.3 is 10.2 Å². The van der Waals surface area contributed by atoms with Crippen molar-refractivity contribution >= 4 is 11.6 Å². The predicted molar refractivity (Wildman–Crippen MR) is 112 cm³/mol. The zero-order chi connectivity index (χ0) is 18.9. The van der Waals surface area contributed by atoms with Crippen molar-refractivity contribution in [1.29, 1.82) is 0 Å². The van der Waals surface area contributed by atoms with Crippen molar-refractivity contribution in [3.8, 4) is 0 Å². The van der Waals surface area contributed by atoms with E-state index in [-0.39, 0.29) is 11.9 Å². The molecule has 2 saturated heterocycles. The highest BCUT2D eigenvalue weighted by molar-refractivity contribution is 5.81. The molecule has 2 aliphatic rings. The zero-order valence-electron chi connectivity index (χ0n) is 16.9. The Kier molecular flexibility index (Phi) is 7.96. The number of benzene rings is 1. The van der Waals surface area contributed by atoms with E-state index >= 15 is 0 Å². The van der Waals surface area contributed by atoms with Gasteiger partial charge in [0.2, 0.25) is 5.91 Å². The fourth-order valence-corrected chi connectivity index (χ4v) is 4.34. The molecule has 1 amide bonds. The third kappa shape index (κ3) is 5.94. The molecular formula is C22H36N4O. The van der Waals surface area contributed by atoms with E-state index in [4.69, 9.17) is 0 Å². The normalized spacial score (nSPS) is 22.0. The summed E-state index contributed by atoms with van der Waals surface area (Å²) in [6.45, 7) is 10.6. The zero-order valence-corrected chi connectivity index (χ0v) is 16.9. The minimum Gasteiger partial charge on any atom is -0.369 e. The Morgan fingerprint density at radius 1 is 1.04 bits per heavy atom. The SMILES string of the molecule is CCCN1CCCCC1C(=O)NCCCN1CCN(c2ccccc2)CC1. The highest BCUT2D eigenvalue weighted by Crippen LogP contribution is 2.18. The average molecular weight is 373 g/mol. The number of carbonyl (C=O) groups is 1. The van der Waals surface area contributed by atoms with Gasteiger partial charge in [0.05, 0.1) is 6.04 Å². The van der Waals surface area contributed by atoms with Gasteiger partial charge in [0, 0.05) is 38.4 Å². The molecule has 5 heteroatoms. The highest BCUT2D eigenvalue weighted by atomic mass is 16.2. The molecule has 2 aliphatic heterocycles. The maximum absolute atomic E-state index is 12.6. The van der Waals surface area contributed by atoms with Crippen LogP contribution < -0.4 is 10.2 Å². The molecule has 0 aromatic heterocycles. The number of rotatable bonds is 8. The van der Waals surface area contributed by atoms with Gasteiger partial charge in [-0.25, -0.2) is 0 Å². The Labute approximate surface area is 164 Å². The van der Waals surface area contributed by atoms with Gasteiger partial charge in [0.15, 0.2) is 0 Å². The molecule has 0 aliphatic carbocycles. The van der Waals surface area contributed by atoms with Crippen molar-refractivity contribution < 1.29 is 4.79 Å². The van der Waals surface area contributed by atoms with Gasteiger partial charge in [-0.3, -0.25) is 14.6 Å². The number of nitrogens with zero attached hydrogens (tertiary/aromatic N) is 3. The van der Waals surface area contributed by atoms with Crippen LogP contribution in [0.5, 0.6) is 0 Å². The lowest BCUT2D eigenvalue weighted by molar-refractivity contribution is -0.127. The lowest BCUT2D eigenvalue weighted by Gasteiger charge is -2.36. The molecule has 0 saturated carbocycles. The second-order valence-electron chi connectivity index (χ2n) is 7.86. The minimum absolute atomic E-state index is 0.105. The molecule has 1 aromatic carbocycles. The highest BCUT2D eigenvalue weighted by Gasteiger charge is 2.27. The summed E-state index contributed by atoms with van der Waals surface area (Å²) in [4.78, 5) is 19.9. The quantitative estimate of drug-likeness (QED) is 0.712. The van der Waals surface area contributed by atoms with Gasteiger partial charge in [-0.2, -0.15) is 0 Å². The number of carbonyl (C=O) groups excluding carboxylic acids is 1. The fourth-order valence-electron chi connectivity index (χ4n) is 4.34. The number of amides is 1. The molecule has 27 heavy (non-hydrogen) atoms. The summed E-state index contributed by atoms with van der Waals surface area (Å²) in [5.74, 6) is 0.247. The van der Waals surface area contributed by atoms with Crippen LogP contribution in [0.15, 0.2) is 30.3 Å². The molecule has 1 aromatic rings. The van der Waals surface area contributed by atoms with E-state index in [1.54, 1.807) is 0 Å². The van der Waals surface area contributed by atoms with Crippen LogP contribution in [-0.4, -0.2) is 74.1 Å². The number of hydrogen-bond acceptors (Lipinski definition) is 4. The van der Waals surface area contributed by atoms with Crippen LogP contribution in [-0.2, 0) is 4.79 Å². The number of anilines is 1. The lowest BCUT2D eigenvalue weighted by Crippen LogP contribution is -2.50. The molecule has 1 unspecified atom stereocenters. The fraction of sp³-hybridized carbons (Fsp3) is 0.682. The van der Waals surface area contributed by atoms with Crippen molar-refractivity contribution in [2.45, 2.75) is 45.1 Å². The molecule has 1 atom stereocenters. The van der Waals surface area contributed by atoms with Gasteiger partial charge in [-0.05, 0) is 57.5 Å². The summed E-state index contributed by atoms with van der Waals surface area (Å²) < 4.78 is 0. The van der Waals surface area contributed by atoms with Crippen molar-refractivity contribution in [1.82, 2.24) is 15.1 Å². The van der Waals surface area contributed by atoms with Gasteiger partial charge in [-0.1, -0.05) is 31.5 Å². The van der Waals surface area contributed by atoms with Crippen molar-refractivity contribution in [2.24, 2.45) is 0 Å². The number of nitrogens with one attached hydrogen (secondary N) is 1. The summed E-state index contributed by atoms with van der Waals surface area (Å²) >= 11 is 0. The van der Waals surface area contributed by atoms with Crippen LogP contribution in [0, 0.1) is 0 Å². The van der Waals surface area contributed by atoms with Crippen molar-refractivity contribution in [2.75, 3.05) is 57.3 Å². The Morgan fingerprint density at radius 3 is 2.56 bits per heavy atom. The molecule has 3 rings (SSSR count). The summed E-state index contributed by atoms with van der Waals surface area (Å²) in [6, 6.07) is 10.8. The first kappa shape index (κ1) is 20.2. The van der Waals surface area contributed by atoms with E-state index in [0.29, 0.717) is 0 Å². The predicted octanol–water partition coefficient (Wildman–Crippen LogP) is 2.58. The Morgan fingerprint density at radius 2 is 1.81 bits per heavy atom. The van der Waals surface area contributed by atoms with Gasteiger partial charge >= 0.3 is 0 Å². The summed E-state index contributed by atoms with van der Waals surface area (Å²) in [6.07, 6.45) is 5.60. The first-order valence-corrected chi connectivity index (χ1v) is 10.8. The second-order valence-corrected chi connectivity index (χ2v) is 7.86. The van der Waals surface area contributed by atoms with E-state index in [0.717, 1.165) is 71.6 Å². The van der Waals surface area contributed by atoms with Crippen LogP contribution in [0.25, 0.3) is 0 Å². The third-order valence-electron chi connectivity index (χ3n) is 5.87. The average Bonchev–Trinajstić information content (AvgIpc) is 2.73. The number of hydrogen-bond donors (Lipinski definition) is 1. The first-order valence-electron chi connectivity index (χ1n) is 10.8. The van der Waals surface area contributed by atoms with E-state index in [9.17, 15) is 4.79 Å². The molecule has 150 valence electrons. The molecule has 5 nitrogen and oxygen atoms in total. The maximum Gasteiger partial charge on any atom is 0.237 e. The van der Waals surface area contributed by atoms with E-state index in [2.05, 4.69) is 57.3 Å². The largest absolute Gasteiger partial charge is 0.369 e. The standard InChI is InChI=1S/C22H36N4O/c1-2-13-26-15-7-6-11-21(26)22(27)23-12-8-14-24-16-18-25(19-17-24)20-9-4-3-5-10-20/h3-5,9-10,21H,2,6-8,11-19H2,1H3,(H,23,27). The first-order chi connectivity index (χ1) is 13.3. The minimum atomic E-state index is 0.105. The van der Waals surface area contributed by atoms with Gasteiger partial charge in [-0.15, -0.1) is 0 Å². The van der Waals surface area contributed by atoms with Crippen LogP contribution in [0.1, 0.15) is 39.0 Å². The second kappa shape index (κ2) is 10.7. The monoisotopic (exact) mass is 372 g/mol. The molecule has 2 fully saturated rings. The molecular weight excluding hydrogens is 336 g/mol. The summed E-state index contributed by atoms with van der Waals surface area (Å²) in [7, 11) is 0. The van der Waals surface area contributed by atoms with Crippen molar-refractivity contribution in [3.05, 3.63) is 30.3 Å². The van der Waals surface area contributed by atoms with Crippen LogP contribution >= 0.6 is 0 Å². The molecule has 0 bridgehead atoms. The maximum atomic E-state index is 12.6. The van der Waals surface area contributed by atoms with Crippen LogP contribution in [0.2, 0.25) is 0 Å². The van der Waals surface area contributed by atoms with Gasteiger partial charge in [0.1, 0.15) is 0 Å². The number of likely N-dealkylation sites (tertiary alicyclic amines) is 1. The number of para-hydroxylation sites is 1. The molecule has 0 spiro atoms. The summed E-state index contributed by atoms with van der Waals surface area (Å²) in [5.41, 5.74) is 1.33. The van der Waals surface area contributed by atoms with Crippen LogP contribution in [0.3, 0.4) is 0 Å². The van der Waals surface area contributed by atoms with Gasteiger partial charge in [0.25, 0.3) is 0 Å². The van der Waals surface area contributed by atoms with E-state index in [1.165, 1.54) is 18.5 Å². The number of piperidine rings is 1. The van der Waals surface area contributed by atoms with Crippen LogP contribution in [0.4, 0.5) is 5.69 Å². The summed E-state index contributed by atoms with van der Waals surface area (Å²) in [5, 5.41) is 3.20. The lowest BCUT2D eigenvalue weighted by atomic mass is 10.0. The Hall–Kier alpha value is -1.59. The Bertz CT molecular complexity index is 555. The molecule has 2 heterocycles. The number of piperazine rings is 1. The molecule has 1 N–H and O–H groups in total. The third-order valence-corrected chi connectivity index (χ3v) is 5.87. The molecule has 0 radical (unpaired) electrons. The topological polar surface area (TPSA) is 38.8 Å². The van der Waals surface area contributed by atoms with E-state index < -0.39 is 0 Å². The van der Waals surface area contributed by atoms with E-state index in [1.807, 2.05) is 0 Å². The van der Waals surface area contributed by atoms with Crippen molar-refractivity contribution in [3.63, 3.8) is 0 Å². The smallest absolute Gasteiger partial charge is 0.237 e.